The fourth-order valence-electron chi connectivity index (χ4n) is 1.88. The fourth-order valence-corrected chi connectivity index (χ4v) is 3.93. The van der Waals surface area contributed by atoms with Crippen LogP contribution >= 0.6 is 0 Å². The molecule has 2 aromatic rings. The monoisotopic (exact) mass is 297 g/mol. The van der Waals surface area contributed by atoms with Gasteiger partial charge in [-0.15, -0.1) is 0 Å². The molecule has 0 amide bonds. The van der Waals surface area contributed by atoms with E-state index >= 15 is 0 Å². The molecule has 1 N–H and O–H groups in total. The van der Waals surface area contributed by atoms with Crippen molar-refractivity contribution in [2.75, 3.05) is 13.7 Å². The summed E-state index contributed by atoms with van der Waals surface area (Å²) in [5.74, 6) is 0.962. The minimum absolute atomic E-state index is 0.509. The molecule has 0 spiro atoms. The third-order valence-electron chi connectivity index (χ3n) is 2.81. The van der Waals surface area contributed by atoms with Crippen LogP contribution < -0.4 is 10.1 Å². The quantitative estimate of drug-likeness (QED) is 0.856. The SMILES string of the molecule is COc1ccc2[se]cc(CCNC(C)C)c2c1. The van der Waals surface area contributed by atoms with Gasteiger partial charge < -0.3 is 0 Å². The van der Waals surface area contributed by atoms with Gasteiger partial charge >= 0.3 is 109 Å². The Morgan fingerprint density at radius 1 is 1.35 bits per heavy atom. The molecule has 0 unspecified atom stereocenters. The van der Waals surface area contributed by atoms with Crippen molar-refractivity contribution in [3.8, 4) is 5.75 Å². The van der Waals surface area contributed by atoms with Gasteiger partial charge in [-0.3, -0.25) is 0 Å². The van der Waals surface area contributed by atoms with Crippen LogP contribution in [0, 0.1) is 0 Å². The third-order valence-corrected chi connectivity index (χ3v) is 4.93. The van der Waals surface area contributed by atoms with E-state index in [1.807, 2.05) is 0 Å². The Labute approximate surface area is 109 Å². The average Bonchev–Trinajstić information content (AvgIpc) is 2.71. The molecule has 0 atom stereocenters. The predicted molar refractivity (Wildman–Crippen MR) is 74.3 cm³/mol. The van der Waals surface area contributed by atoms with Gasteiger partial charge in [0.2, 0.25) is 0 Å². The summed E-state index contributed by atoms with van der Waals surface area (Å²) < 4.78 is 6.78. The molecule has 17 heavy (non-hydrogen) atoms. The van der Waals surface area contributed by atoms with Crippen molar-refractivity contribution >= 4 is 24.1 Å². The standard InChI is InChI=1S/C14H19NOSe/c1-10(2)15-7-6-11-9-17-14-5-4-12(16-3)8-13(11)14/h4-5,8-10,15H,6-7H2,1-3H3. The summed E-state index contributed by atoms with van der Waals surface area (Å²) >= 11 is 0.509. The first kappa shape index (κ1) is 12.7. The molecule has 0 fully saturated rings. The Balaban J connectivity index is 2.16. The second-order valence-corrected chi connectivity index (χ2v) is 6.39. The molecule has 0 radical (unpaired) electrons. The van der Waals surface area contributed by atoms with Gasteiger partial charge in [0.25, 0.3) is 0 Å². The third kappa shape index (κ3) is 3.12. The van der Waals surface area contributed by atoms with Crippen LogP contribution in [0.4, 0.5) is 0 Å². The van der Waals surface area contributed by atoms with Gasteiger partial charge in [0.05, 0.1) is 0 Å². The molecule has 1 heterocycles. The average molecular weight is 296 g/mol. The number of hydrogen-bond donors (Lipinski definition) is 1. The fraction of sp³-hybridized carbons (Fsp3) is 0.429. The van der Waals surface area contributed by atoms with E-state index in [4.69, 9.17) is 4.74 Å². The van der Waals surface area contributed by atoms with Crippen LogP contribution in [0.5, 0.6) is 5.75 Å². The zero-order valence-corrected chi connectivity index (χ0v) is 12.3. The van der Waals surface area contributed by atoms with E-state index in [2.05, 4.69) is 42.3 Å². The van der Waals surface area contributed by atoms with Crippen LogP contribution in [0.15, 0.2) is 23.1 Å². The summed E-state index contributed by atoms with van der Waals surface area (Å²) in [6, 6.07) is 7.00. The topological polar surface area (TPSA) is 21.3 Å². The van der Waals surface area contributed by atoms with Crippen LogP contribution in [0.25, 0.3) is 9.65 Å². The Bertz CT molecular complexity index is 490. The van der Waals surface area contributed by atoms with E-state index < -0.39 is 0 Å². The van der Waals surface area contributed by atoms with Gasteiger partial charge in [-0.1, -0.05) is 0 Å². The van der Waals surface area contributed by atoms with Gasteiger partial charge in [-0.25, -0.2) is 0 Å². The van der Waals surface area contributed by atoms with E-state index in [9.17, 15) is 0 Å². The molecule has 1 aromatic carbocycles. The van der Waals surface area contributed by atoms with E-state index in [-0.39, 0.29) is 0 Å². The molecule has 0 saturated heterocycles. The second-order valence-electron chi connectivity index (χ2n) is 4.48. The molecule has 0 bridgehead atoms. The summed E-state index contributed by atoms with van der Waals surface area (Å²) in [6.07, 6.45) is 1.11. The summed E-state index contributed by atoms with van der Waals surface area (Å²) in [4.78, 5) is 2.40. The first-order chi connectivity index (χ1) is 8.20. The van der Waals surface area contributed by atoms with Crippen molar-refractivity contribution in [1.82, 2.24) is 5.32 Å². The van der Waals surface area contributed by atoms with Crippen LogP contribution in [-0.4, -0.2) is 34.2 Å². The maximum absolute atomic E-state index is 5.29. The molecule has 1 aromatic heterocycles. The zero-order chi connectivity index (χ0) is 12.3. The minimum atomic E-state index is 0.509. The van der Waals surface area contributed by atoms with Gasteiger partial charge in [-0.05, 0) is 0 Å². The molecular weight excluding hydrogens is 277 g/mol. The number of hydrogen-bond acceptors (Lipinski definition) is 2. The number of nitrogens with one attached hydrogen (secondary N) is 1. The number of ether oxygens (including phenoxy) is 1. The Hall–Kier alpha value is -0.761. The Kier molecular flexibility index (Phi) is 4.27. The van der Waals surface area contributed by atoms with Crippen molar-refractivity contribution in [2.45, 2.75) is 26.3 Å². The van der Waals surface area contributed by atoms with Crippen molar-refractivity contribution in [1.29, 1.82) is 0 Å². The molecule has 0 aliphatic rings. The molecule has 92 valence electrons. The summed E-state index contributed by atoms with van der Waals surface area (Å²) in [7, 11) is 1.73. The van der Waals surface area contributed by atoms with Gasteiger partial charge in [0.15, 0.2) is 0 Å². The van der Waals surface area contributed by atoms with Crippen LogP contribution in [0.2, 0.25) is 0 Å². The molecule has 0 aliphatic heterocycles. The van der Waals surface area contributed by atoms with Crippen molar-refractivity contribution in [3.05, 3.63) is 28.7 Å². The van der Waals surface area contributed by atoms with Gasteiger partial charge in [0, 0.05) is 0 Å². The molecule has 3 heteroatoms. The normalized spacial score (nSPS) is 11.3. The Morgan fingerprint density at radius 3 is 2.88 bits per heavy atom. The van der Waals surface area contributed by atoms with Gasteiger partial charge in [-0.2, -0.15) is 0 Å². The first-order valence-electron chi connectivity index (χ1n) is 5.98. The van der Waals surface area contributed by atoms with E-state index in [0.717, 1.165) is 18.7 Å². The van der Waals surface area contributed by atoms with Crippen LogP contribution in [0.1, 0.15) is 19.4 Å². The Morgan fingerprint density at radius 2 is 2.18 bits per heavy atom. The summed E-state index contributed by atoms with van der Waals surface area (Å²) in [5, 5.41) is 4.86. The van der Waals surface area contributed by atoms with Crippen molar-refractivity contribution < 1.29 is 4.74 Å². The number of benzene rings is 1. The van der Waals surface area contributed by atoms with Crippen molar-refractivity contribution in [3.63, 3.8) is 0 Å². The van der Waals surface area contributed by atoms with E-state index in [0.29, 0.717) is 20.5 Å². The molecule has 2 nitrogen and oxygen atoms in total. The molecule has 2 rings (SSSR count). The van der Waals surface area contributed by atoms with Crippen molar-refractivity contribution in [2.24, 2.45) is 0 Å². The summed E-state index contributed by atoms with van der Waals surface area (Å²) in [5.41, 5.74) is 1.48. The molecular formula is C14H19NOSe. The first-order valence-corrected chi connectivity index (χ1v) is 7.82. The molecule has 0 aliphatic carbocycles. The van der Waals surface area contributed by atoms with Crippen LogP contribution in [0.3, 0.4) is 0 Å². The zero-order valence-electron chi connectivity index (χ0n) is 10.6. The van der Waals surface area contributed by atoms with E-state index in [1.165, 1.54) is 15.2 Å². The number of fused-ring (bicyclic) bond motifs is 1. The van der Waals surface area contributed by atoms with Crippen LogP contribution in [-0.2, 0) is 6.42 Å². The molecule has 0 saturated carbocycles. The van der Waals surface area contributed by atoms with Gasteiger partial charge in [0.1, 0.15) is 0 Å². The van der Waals surface area contributed by atoms with E-state index in [1.54, 1.807) is 7.11 Å². The maximum atomic E-state index is 5.29. The second kappa shape index (κ2) is 5.72. The number of rotatable bonds is 5. The number of methoxy groups -OCH3 is 1. The predicted octanol–water partition coefficient (Wildman–Crippen LogP) is 2.45. The summed E-state index contributed by atoms with van der Waals surface area (Å²) in [6.45, 7) is 5.42.